The van der Waals surface area contributed by atoms with Crippen LogP contribution in [0.5, 0.6) is 0 Å². The normalized spacial score (nSPS) is 35.6. The number of hydrogen-bond acceptors (Lipinski definition) is 9. The second-order valence-corrected chi connectivity index (χ2v) is 11.1. The summed E-state index contributed by atoms with van der Waals surface area (Å²) < 4.78 is 30.4. The van der Waals surface area contributed by atoms with Crippen molar-refractivity contribution in [1.29, 1.82) is 0 Å². The number of fused-ring (bicyclic) bond motifs is 1. The Kier molecular flexibility index (Phi) is 7.14. The van der Waals surface area contributed by atoms with Crippen molar-refractivity contribution in [3.63, 3.8) is 0 Å². The molecule has 3 fully saturated rings. The van der Waals surface area contributed by atoms with Crippen molar-refractivity contribution in [2.75, 3.05) is 6.61 Å². The zero-order chi connectivity index (χ0) is 27.2. The van der Waals surface area contributed by atoms with E-state index in [-0.39, 0.29) is 18.4 Å². The number of hydrogen-bond donors (Lipinski definition) is 0. The smallest absolute Gasteiger partial charge is 0.338 e. The third-order valence-corrected chi connectivity index (χ3v) is 8.45. The summed E-state index contributed by atoms with van der Waals surface area (Å²) in [7, 11) is 0. The molecule has 1 heterocycles. The maximum atomic E-state index is 13.4. The van der Waals surface area contributed by atoms with Gasteiger partial charge in [-0.2, -0.15) is 0 Å². The molecule has 2 saturated carbocycles. The number of ether oxygens (including phenoxy) is 5. The Balaban J connectivity index is 1.91. The van der Waals surface area contributed by atoms with E-state index in [9.17, 15) is 19.2 Å². The molecule has 1 saturated heterocycles. The molecule has 2 aliphatic carbocycles. The van der Waals surface area contributed by atoms with Crippen LogP contribution < -0.4 is 0 Å². The molecule has 9 nitrogen and oxygen atoms in total. The van der Waals surface area contributed by atoms with Gasteiger partial charge in [0.15, 0.2) is 6.10 Å². The summed E-state index contributed by atoms with van der Waals surface area (Å²) in [6.07, 6.45) is -1.43. The van der Waals surface area contributed by atoms with Gasteiger partial charge in [0.2, 0.25) is 0 Å². The van der Waals surface area contributed by atoms with Gasteiger partial charge >= 0.3 is 23.9 Å². The lowest BCUT2D eigenvalue weighted by Crippen LogP contribution is -2.74. The van der Waals surface area contributed by atoms with Crippen molar-refractivity contribution in [3.05, 3.63) is 35.9 Å². The molecular weight excluding hydrogens is 480 g/mol. The van der Waals surface area contributed by atoms with Crippen LogP contribution in [0.2, 0.25) is 0 Å². The van der Waals surface area contributed by atoms with Crippen LogP contribution in [0.4, 0.5) is 0 Å². The maximum Gasteiger partial charge on any atom is 0.338 e. The number of rotatable bonds is 6. The Labute approximate surface area is 217 Å². The number of carbonyl (C=O) groups excluding carboxylic acids is 4. The molecule has 0 N–H and O–H groups in total. The van der Waals surface area contributed by atoms with E-state index in [1.165, 1.54) is 20.8 Å². The van der Waals surface area contributed by atoms with E-state index in [4.69, 9.17) is 23.7 Å². The third kappa shape index (κ3) is 4.62. The van der Waals surface area contributed by atoms with E-state index >= 15 is 0 Å². The van der Waals surface area contributed by atoms with Gasteiger partial charge < -0.3 is 23.7 Å². The Hall–Kier alpha value is -2.94. The van der Waals surface area contributed by atoms with Crippen LogP contribution >= 0.6 is 0 Å². The van der Waals surface area contributed by atoms with Crippen molar-refractivity contribution in [2.24, 2.45) is 17.3 Å². The number of benzene rings is 1. The van der Waals surface area contributed by atoms with Crippen molar-refractivity contribution in [2.45, 2.75) is 90.3 Å². The molecule has 37 heavy (non-hydrogen) atoms. The molecule has 202 valence electrons. The lowest BCUT2D eigenvalue weighted by molar-refractivity contribution is -0.298. The fourth-order valence-corrected chi connectivity index (χ4v) is 6.90. The molecule has 0 unspecified atom stereocenters. The van der Waals surface area contributed by atoms with Crippen molar-refractivity contribution < 1.29 is 42.9 Å². The van der Waals surface area contributed by atoms with Gasteiger partial charge in [-0.25, -0.2) is 4.79 Å². The summed E-state index contributed by atoms with van der Waals surface area (Å²) in [4.78, 5) is 50.1. The van der Waals surface area contributed by atoms with Gasteiger partial charge in [0.05, 0.1) is 16.8 Å². The topological polar surface area (TPSA) is 114 Å². The van der Waals surface area contributed by atoms with Gasteiger partial charge in [-0.1, -0.05) is 25.1 Å². The average Bonchev–Trinajstić information content (AvgIpc) is 3.04. The van der Waals surface area contributed by atoms with E-state index in [0.717, 1.165) is 0 Å². The highest BCUT2D eigenvalue weighted by molar-refractivity contribution is 5.89. The predicted octanol–water partition coefficient (Wildman–Crippen LogP) is 3.62. The first kappa shape index (κ1) is 27.1. The summed E-state index contributed by atoms with van der Waals surface area (Å²) >= 11 is 0. The SMILES string of the molecule is CC(=O)OC[C@]12[C@@H](OC(=O)c3ccccc3)C[C@@H]3C[C@]1(OC3(C)C)[C@H](C)C[C@H](OC(C)=O)[C@@H]2OC(C)=O. The van der Waals surface area contributed by atoms with Crippen LogP contribution in [0.25, 0.3) is 0 Å². The summed E-state index contributed by atoms with van der Waals surface area (Å²) in [6.45, 7) is 9.59. The van der Waals surface area contributed by atoms with Gasteiger partial charge in [-0.15, -0.1) is 0 Å². The van der Waals surface area contributed by atoms with Crippen LogP contribution in [0.15, 0.2) is 30.3 Å². The van der Waals surface area contributed by atoms with E-state index in [1.54, 1.807) is 30.3 Å². The first-order valence-electron chi connectivity index (χ1n) is 12.8. The van der Waals surface area contributed by atoms with Crippen LogP contribution in [-0.4, -0.2) is 60.0 Å². The zero-order valence-electron chi connectivity index (χ0n) is 22.3. The lowest BCUT2D eigenvalue weighted by Gasteiger charge is -2.62. The monoisotopic (exact) mass is 516 g/mol. The Morgan fingerprint density at radius 1 is 0.919 bits per heavy atom. The zero-order valence-corrected chi connectivity index (χ0v) is 22.3. The molecule has 1 aromatic carbocycles. The molecule has 4 rings (SSSR count). The second-order valence-electron chi connectivity index (χ2n) is 11.1. The Bertz CT molecular complexity index is 1070. The number of carbonyl (C=O) groups is 4. The molecule has 1 spiro atoms. The molecule has 1 aromatic rings. The van der Waals surface area contributed by atoms with Gasteiger partial charge in [0.1, 0.15) is 24.2 Å². The van der Waals surface area contributed by atoms with Gasteiger partial charge in [0.25, 0.3) is 0 Å². The largest absolute Gasteiger partial charge is 0.465 e. The summed E-state index contributed by atoms with van der Waals surface area (Å²) in [5, 5.41) is 0. The minimum absolute atomic E-state index is 0.0252. The molecular formula is C28H36O9. The Morgan fingerprint density at radius 3 is 2.16 bits per heavy atom. The van der Waals surface area contributed by atoms with Crippen molar-refractivity contribution in [1.82, 2.24) is 0 Å². The second kappa shape index (κ2) is 9.74. The fourth-order valence-electron chi connectivity index (χ4n) is 6.90. The van der Waals surface area contributed by atoms with E-state index < -0.39 is 58.8 Å². The van der Waals surface area contributed by atoms with Crippen molar-refractivity contribution >= 4 is 23.9 Å². The maximum absolute atomic E-state index is 13.4. The summed E-state index contributed by atoms with van der Waals surface area (Å²) in [5.41, 5.74) is -2.52. The van der Waals surface area contributed by atoms with Crippen LogP contribution in [-0.2, 0) is 38.1 Å². The van der Waals surface area contributed by atoms with Gasteiger partial charge in [-0.05, 0) is 57.1 Å². The standard InChI is InChI=1S/C28H36O9/c1-16-12-22(34-18(3)30)24(35-19(4)31)27(15-33-17(2)29)23(36-25(32)20-10-8-7-9-11-20)13-21-14-28(16,27)37-26(21,5)6/h7-11,16,21-24H,12-15H2,1-6H3/t16-,21-,22+,23+,24+,27-,28+/m1/s1. The van der Waals surface area contributed by atoms with E-state index in [0.29, 0.717) is 24.8 Å². The molecule has 3 aliphatic rings. The minimum atomic E-state index is -1.32. The van der Waals surface area contributed by atoms with Crippen LogP contribution in [0.1, 0.15) is 71.2 Å². The third-order valence-electron chi connectivity index (χ3n) is 8.45. The van der Waals surface area contributed by atoms with E-state index in [1.807, 2.05) is 20.8 Å². The van der Waals surface area contributed by atoms with Crippen molar-refractivity contribution in [3.8, 4) is 0 Å². The first-order chi connectivity index (χ1) is 17.3. The highest BCUT2D eigenvalue weighted by atomic mass is 16.6. The Morgan fingerprint density at radius 2 is 1.57 bits per heavy atom. The molecule has 0 radical (unpaired) electrons. The first-order valence-corrected chi connectivity index (χ1v) is 12.8. The number of esters is 4. The summed E-state index contributed by atoms with van der Waals surface area (Å²) in [5.74, 6) is -2.40. The molecule has 7 atom stereocenters. The van der Waals surface area contributed by atoms with Crippen LogP contribution in [0.3, 0.4) is 0 Å². The highest BCUT2D eigenvalue weighted by Gasteiger charge is 2.78. The molecule has 9 heteroatoms. The van der Waals surface area contributed by atoms with Gasteiger partial charge in [0, 0.05) is 20.8 Å². The quantitative estimate of drug-likeness (QED) is 0.413. The average molecular weight is 517 g/mol. The molecule has 0 aromatic heterocycles. The molecule has 0 amide bonds. The molecule has 2 bridgehead atoms. The highest BCUT2D eigenvalue weighted by Crippen LogP contribution is 2.67. The van der Waals surface area contributed by atoms with Crippen LogP contribution in [0, 0.1) is 17.3 Å². The minimum Gasteiger partial charge on any atom is -0.465 e. The predicted molar refractivity (Wildman–Crippen MR) is 130 cm³/mol. The fraction of sp³-hybridized carbons (Fsp3) is 0.643. The summed E-state index contributed by atoms with van der Waals surface area (Å²) in [6, 6.07) is 8.59. The van der Waals surface area contributed by atoms with Gasteiger partial charge in [-0.3, -0.25) is 14.4 Å². The lowest BCUT2D eigenvalue weighted by atomic mass is 9.49. The van der Waals surface area contributed by atoms with E-state index in [2.05, 4.69) is 0 Å². The molecule has 1 aliphatic heterocycles.